The highest BCUT2D eigenvalue weighted by atomic mass is 16.4. The monoisotopic (exact) mass is 271 g/mol. The Labute approximate surface area is 117 Å². The molecule has 1 aromatic heterocycles. The first-order valence-electron chi connectivity index (χ1n) is 6.83. The number of carbonyl (C=O) groups is 1. The topological polar surface area (TPSA) is 68.0 Å². The van der Waals surface area contributed by atoms with Crippen LogP contribution in [0.3, 0.4) is 0 Å². The van der Waals surface area contributed by atoms with E-state index in [9.17, 15) is 4.79 Å². The predicted molar refractivity (Wildman–Crippen MR) is 73.5 cm³/mol. The molecule has 0 saturated heterocycles. The highest BCUT2D eigenvalue weighted by Gasteiger charge is 2.27. The van der Waals surface area contributed by atoms with Gasteiger partial charge >= 0.3 is 5.97 Å². The van der Waals surface area contributed by atoms with Gasteiger partial charge in [-0.05, 0) is 18.9 Å². The summed E-state index contributed by atoms with van der Waals surface area (Å²) in [5, 5.41) is 17.5. The molecular weight excluding hydrogens is 254 g/mol. The Morgan fingerprint density at radius 2 is 2.30 bits per heavy atom. The molecule has 1 atom stereocenters. The normalized spacial score (nSPS) is 17.8. The number of aliphatic carboxylic acids is 1. The van der Waals surface area contributed by atoms with Crippen LogP contribution in [0, 0.1) is 12.8 Å². The molecule has 5 nitrogen and oxygen atoms in total. The van der Waals surface area contributed by atoms with Crippen molar-refractivity contribution in [1.29, 1.82) is 0 Å². The van der Waals surface area contributed by atoms with E-state index in [0.29, 0.717) is 19.4 Å². The molecule has 5 heteroatoms. The van der Waals surface area contributed by atoms with E-state index in [1.54, 1.807) is 0 Å². The number of aryl methyl sites for hydroxylation is 1. The second-order valence-corrected chi connectivity index (χ2v) is 5.38. The number of hydrogen-bond acceptors (Lipinski definition) is 3. The average Bonchev–Trinajstić information content (AvgIpc) is 2.81. The van der Waals surface area contributed by atoms with Gasteiger partial charge < -0.3 is 9.67 Å². The van der Waals surface area contributed by atoms with Crippen molar-refractivity contribution >= 4 is 5.97 Å². The highest BCUT2D eigenvalue weighted by Crippen LogP contribution is 2.21. The molecule has 20 heavy (non-hydrogen) atoms. The minimum Gasteiger partial charge on any atom is -0.481 e. The number of fused-ring (bicyclic) bond motifs is 1. The molecule has 3 rings (SSSR count). The number of carboxylic acid groups (broad SMARTS) is 1. The van der Waals surface area contributed by atoms with Gasteiger partial charge in [-0.3, -0.25) is 4.79 Å². The number of carboxylic acids is 1. The Kier molecular flexibility index (Phi) is 3.26. The fraction of sp³-hybridized carbons (Fsp3) is 0.400. The standard InChI is InChI=1S/C15H17N3O2/c1-10-3-2-4-11(7-10)8-13-16-17-14-9-12(15(19)20)5-6-18(13)14/h2-4,7,12H,5-6,8-9H2,1H3,(H,19,20). The molecule has 0 bridgehead atoms. The molecule has 0 amide bonds. The zero-order valence-corrected chi connectivity index (χ0v) is 11.4. The number of nitrogens with zero attached hydrogens (tertiary/aromatic N) is 3. The van der Waals surface area contributed by atoms with Gasteiger partial charge in [-0.1, -0.05) is 29.8 Å². The van der Waals surface area contributed by atoms with E-state index >= 15 is 0 Å². The zero-order chi connectivity index (χ0) is 14.1. The third-order valence-corrected chi connectivity index (χ3v) is 3.83. The Bertz CT molecular complexity index is 648. The first-order chi connectivity index (χ1) is 9.63. The van der Waals surface area contributed by atoms with E-state index in [4.69, 9.17) is 5.11 Å². The van der Waals surface area contributed by atoms with E-state index in [1.807, 2.05) is 6.07 Å². The lowest BCUT2D eigenvalue weighted by atomic mass is 9.98. The SMILES string of the molecule is Cc1cccc(Cc2nnc3n2CCC(C(=O)O)C3)c1. The number of rotatable bonds is 3. The van der Waals surface area contributed by atoms with Gasteiger partial charge in [0.25, 0.3) is 0 Å². The summed E-state index contributed by atoms with van der Waals surface area (Å²) in [4.78, 5) is 11.0. The molecule has 1 aromatic carbocycles. The van der Waals surface area contributed by atoms with Crippen LogP contribution >= 0.6 is 0 Å². The van der Waals surface area contributed by atoms with Crippen LogP contribution in [0.25, 0.3) is 0 Å². The van der Waals surface area contributed by atoms with E-state index in [-0.39, 0.29) is 5.92 Å². The maximum Gasteiger partial charge on any atom is 0.307 e. The van der Waals surface area contributed by atoms with Crippen LogP contribution in [-0.4, -0.2) is 25.8 Å². The summed E-state index contributed by atoms with van der Waals surface area (Å²) in [6.45, 7) is 2.76. The maximum absolute atomic E-state index is 11.0. The van der Waals surface area contributed by atoms with Gasteiger partial charge in [0.1, 0.15) is 11.6 Å². The molecule has 2 aromatic rings. The van der Waals surface area contributed by atoms with Crippen LogP contribution in [-0.2, 0) is 24.2 Å². The summed E-state index contributed by atoms with van der Waals surface area (Å²) in [7, 11) is 0. The molecular formula is C15H17N3O2. The van der Waals surface area contributed by atoms with E-state index in [2.05, 4.69) is 39.9 Å². The van der Waals surface area contributed by atoms with Crippen LogP contribution in [0.4, 0.5) is 0 Å². The molecule has 0 spiro atoms. The van der Waals surface area contributed by atoms with Gasteiger partial charge in [0.05, 0.1) is 5.92 Å². The Hall–Kier alpha value is -2.17. The highest BCUT2D eigenvalue weighted by molar-refractivity contribution is 5.70. The second-order valence-electron chi connectivity index (χ2n) is 5.38. The first kappa shape index (κ1) is 12.8. The largest absolute Gasteiger partial charge is 0.481 e. The van der Waals surface area contributed by atoms with Crippen LogP contribution in [0.1, 0.15) is 29.2 Å². The van der Waals surface area contributed by atoms with Gasteiger partial charge in [-0.25, -0.2) is 0 Å². The lowest BCUT2D eigenvalue weighted by Crippen LogP contribution is -2.26. The molecule has 104 valence electrons. The van der Waals surface area contributed by atoms with Crippen LogP contribution in [0.2, 0.25) is 0 Å². The number of benzene rings is 1. The van der Waals surface area contributed by atoms with E-state index in [0.717, 1.165) is 18.1 Å². The predicted octanol–water partition coefficient (Wildman–Crippen LogP) is 1.82. The quantitative estimate of drug-likeness (QED) is 0.924. The molecule has 1 aliphatic rings. The fourth-order valence-electron chi connectivity index (χ4n) is 2.74. The van der Waals surface area contributed by atoms with Crippen molar-refractivity contribution in [2.45, 2.75) is 32.7 Å². The van der Waals surface area contributed by atoms with Crippen LogP contribution < -0.4 is 0 Å². The average molecular weight is 271 g/mol. The van der Waals surface area contributed by atoms with Crippen LogP contribution in [0.5, 0.6) is 0 Å². The van der Waals surface area contributed by atoms with E-state index < -0.39 is 5.97 Å². The van der Waals surface area contributed by atoms with Gasteiger partial charge in [-0.2, -0.15) is 0 Å². The molecule has 1 aliphatic heterocycles. The smallest absolute Gasteiger partial charge is 0.307 e. The third-order valence-electron chi connectivity index (χ3n) is 3.83. The summed E-state index contributed by atoms with van der Waals surface area (Å²) in [6.07, 6.45) is 1.88. The summed E-state index contributed by atoms with van der Waals surface area (Å²) in [5.74, 6) is 0.666. The van der Waals surface area contributed by atoms with Crippen molar-refractivity contribution in [3.63, 3.8) is 0 Å². The fourth-order valence-corrected chi connectivity index (χ4v) is 2.74. The minimum absolute atomic E-state index is 0.321. The van der Waals surface area contributed by atoms with Crippen molar-refractivity contribution in [3.05, 3.63) is 47.0 Å². The van der Waals surface area contributed by atoms with E-state index in [1.165, 1.54) is 11.1 Å². The molecule has 1 N–H and O–H groups in total. The molecule has 0 radical (unpaired) electrons. The van der Waals surface area contributed by atoms with Crippen molar-refractivity contribution in [1.82, 2.24) is 14.8 Å². The molecule has 2 heterocycles. The number of hydrogen-bond donors (Lipinski definition) is 1. The third kappa shape index (κ3) is 2.43. The maximum atomic E-state index is 11.0. The second kappa shape index (κ2) is 5.07. The lowest BCUT2D eigenvalue weighted by molar-refractivity contribution is -0.142. The minimum atomic E-state index is -0.737. The molecule has 1 unspecified atom stereocenters. The molecule has 0 saturated carbocycles. The van der Waals surface area contributed by atoms with Gasteiger partial charge in [0.2, 0.25) is 0 Å². The van der Waals surface area contributed by atoms with Gasteiger partial charge in [-0.15, -0.1) is 10.2 Å². The Morgan fingerprint density at radius 1 is 1.45 bits per heavy atom. The molecule has 0 fully saturated rings. The summed E-state index contributed by atoms with van der Waals surface area (Å²) in [5.41, 5.74) is 2.44. The van der Waals surface area contributed by atoms with Crippen LogP contribution in [0.15, 0.2) is 24.3 Å². The van der Waals surface area contributed by atoms with Crippen molar-refractivity contribution in [2.24, 2.45) is 5.92 Å². The lowest BCUT2D eigenvalue weighted by Gasteiger charge is -2.20. The Balaban J connectivity index is 1.82. The first-order valence-corrected chi connectivity index (χ1v) is 6.83. The molecule has 0 aliphatic carbocycles. The summed E-state index contributed by atoms with van der Waals surface area (Å²) in [6, 6.07) is 8.33. The summed E-state index contributed by atoms with van der Waals surface area (Å²) >= 11 is 0. The van der Waals surface area contributed by atoms with Gasteiger partial charge in [0, 0.05) is 19.4 Å². The Morgan fingerprint density at radius 3 is 3.05 bits per heavy atom. The number of aromatic nitrogens is 3. The van der Waals surface area contributed by atoms with Crippen molar-refractivity contribution in [3.8, 4) is 0 Å². The summed E-state index contributed by atoms with van der Waals surface area (Å²) < 4.78 is 2.07. The van der Waals surface area contributed by atoms with Gasteiger partial charge in [0.15, 0.2) is 0 Å². The van der Waals surface area contributed by atoms with Crippen molar-refractivity contribution < 1.29 is 9.90 Å². The van der Waals surface area contributed by atoms with Crippen molar-refractivity contribution in [2.75, 3.05) is 0 Å². The zero-order valence-electron chi connectivity index (χ0n) is 11.4.